The van der Waals surface area contributed by atoms with Gasteiger partial charge in [0, 0.05) is 29.0 Å². The Labute approximate surface area is 266 Å². The second kappa shape index (κ2) is 12.4. The van der Waals surface area contributed by atoms with Crippen molar-refractivity contribution in [2.75, 3.05) is 18.9 Å². The molecule has 2 aliphatic rings. The summed E-state index contributed by atoms with van der Waals surface area (Å²) in [6.07, 6.45) is -7.97. The number of benzene rings is 2. The molecule has 17 heteroatoms. The summed E-state index contributed by atoms with van der Waals surface area (Å²) in [5.41, 5.74) is 1.24. The molecule has 46 heavy (non-hydrogen) atoms. The van der Waals surface area contributed by atoms with Gasteiger partial charge in [-0.3, -0.25) is 9.36 Å². The van der Waals surface area contributed by atoms with Gasteiger partial charge in [0.2, 0.25) is 0 Å². The van der Waals surface area contributed by atoms with Gasteiger partial charge in [-0.25, -0.2) is 14.8 Å². The molecule has 2 aliphatic heterocycles. The van der Waals surface area contributed by atoms with Gasteiger partial charge in [0.25, 0.3) is 5.56 Å². The number of amides is 1. The number of nitrogen functional groups attached to an aromatic ring is 1. The summed E-state index contributed by atoms with van der Waals surface area (Å²) in [6, 6.07) is 9.73. The number of ether oxygens (including phenoxy) is 1. The number of aromatic nitrogens is 3. The van der Waals surface area contributed by atoms with E-state index >= 15 is 0 Å². The van der Waals surface area contributed by atoms with Gasteiger partial charge in [-0.1, -0.05) is 23.7 Å². The van der Waals surface area contributed by atoms with Crippen LogP contribution in [-0.4, -0.2) is 62.2 Å². The monoisotopic (exact) mass is 689 g/mol. The molecule has 1 amide bonds. The van der Waals surface area contributed by atoms with Crippen LogP contribution >= 0.6 is 22.9 Å². The fourth-order valence-electron chi connectivity index (χ4n) is 5.20. The summed E-state index contributed by atoms with van der Waals surface area (Å²) >= 11 is 5.87. The van der Waals surface area contributed by atoms with Crippen LogP contribution in [-0.2, 0) is 16.9 Å². The Morgan fingerprint density at radius 3 is 2.39 bits per heavy atom. The lowest BCUT2D eigenvalue weighted by Crippen LogP contribution is -2.53. The number of rotatable bonds is 4. The van der Waals surface area contributed by atoms with Crippen LogP contribution in [0.5, 0.6) is 0 Å². The average molecular weight is 690 g/mol. The van der Waals surface area contributed by atoms with E-state index in [1.807, 2.05) is 4.90 Å². The minimum atomic E-state index is -6.07. The highest BCUT2D eigenvalue weighted by atomic mass is 35.5. The third-order valence-electron chi connectivity index (χ3n) is 7.73. The van der Waals surface area contributed by atoms with Gasteiger partial charge in [-0.05, 0) is 56.0 Å². The highest BCUT2D eigenvalue weighted by molar-refractivity contribution is 7.15. The van der Waals surface area contributed by atoms with Crippen LogP contribution in [0.25, 0.3) is 21.3 Å². The van der Waals surface area contributed by atoms with E-state index < -0.39 is 28.5 Å². The zero-order valence-corrected chi connectivity index (χ0v) is 25.5. The fraction of sp³-hybridized carbons (Fsp3) is 0.379. The van der Waals surface area contributed by atoms with Gasteiger partial charge in [0.15, 0.2) is 0 Å². The molecule has 0 saturated carbocycles. The van der Waals surface area contributed by atoms with Crippen molar-refractivity contribution >= 4 is 45.6 Å². The molecule has 0 aliphatic carbocycles. The predicted molar refractivity (Wildman–Crippen MR) is 159 cm³/mol. The Morgan fingerprint density at radius 2 is 1.76 bits per heavy atom. The van der Waals surface area contributed by atoms with E-state index in [1.54, 1.807) is 31.2 Å². The van der Waals surface area contributed by atoms with E-state index in [1.165, 1.54) is 23.1 Å². The summed E-state index contributed by atoms with van der Waals surface area (Å²) in [5, 5.41) is 8.61. The number of aryl methyl sites for hydroxylation is 1. The van der Waals surface area contributed by atoms with E-state index in [2.05, 4.69) is 9.97 Å². The maximum atomic E-state index is 13.2. The Bertz CT molecular complexity index is 1810. The van der Waals surface area contributed by atoms with Crippen molar-refractivity contribution < 1.29 is 41.0 Å². The molecule has 0 radical (unpaired) electrons. The average Bonchev–Trinajstić information content (AvgIpc) is 3.63. The Morgan fingerprint density at radius 1 is 1.09 bits per heavy atom. The molecule has 3 N–H and O–H groups in total. The number of carbonyl (C=O) groups excluding carboxylic acids is 1. The van der Waals surface area contributed by atoms with E-state index in [0.717, 1.165) is 31.1 Å². The number of halogens is 7. The first-order chi connectivity index (χ1) is 21.5. The molecular weight excluding hydrogens is 664 g/mol. The molecule has 0 bridgehead atoms. The highest BCUT2D eigenvalue weighted by Gasteiger charge is 2.73. The van der Waals surface area contributed by atoms with Crippen molar-refractivity contribution in [2.45, 2.75) is 56.7 Å². The number of aliphatic hydroxyl groups is 1. The van der Waals surface area contributed by atoms with E-state index in [9.17, 15) is 41.0 Å². The second-order valence-electron chi connectivity index (χ2n) is 10.8. The number of carbonyl (C=O) groups is 1. The number of piperidine rings is 1. The Kier molecular flexibility index (Phi) is 9.00. The Balaban J connectivity index is 0.000000350. The van der Waals surface area contributed by atoms with Crippen molar-refractivity contribution in [3.63, 3.8) is 0 Å². The van der Waals surface area contributed by atoms with Crippen molar-refractivity contribution in [1.82, 2.24) is 19.4 Å². The molecule has 9 nitrogen and oxygen atoms in total. The molecule has 1 atom stereocenters. The number of nitrogens with zero attached hydrogens (tertiary/aromatic N) is 4. The molecule has 4 aromatic rings. The van der Waals surface area contributed by atoms with Gasteiger partial charge in [0.1, 0.15) is 17.4 Å². The first-order valence-electron chi connectivity index (χ1n) is 13.8. The second-order valence-corrected chi connectivity index (χ2v) is 12.3. The number of anilines is 1. The summed E-state index contributed by atoms with van der Waals surface area (Å²) in [7, 11) is 0. The summed E-state index contributed by atoms with van der Waals surface area (Å²) in [4.78, 5) is 33.3. The topological polar surface area (TPSA) is 124 Å². The van der Waals surface area contributed by atoms with Gasteiger partial charge < -0.3 is 20.5 Å². The van der Waals surface area contributed by atoms with E-state index in [4.69, 9.17) is 22.1 Å². The van der Waals surface area contributed by atoms with Crippen molar-refractivity contribution in [3.05, 3.63) is 74.4 Å². The zero-order chi connectivity index (χ0) is 33.6. The van der Waals surface area contributed by atoms with Crippen LogP contribution in [0.4, 0.5) is 36.8 Å². The molecule has 6 rings (SSSR count). The molecule has 2 fully saturated rings. The number of nitrogens with two attached hydrogens (primary N) is 1. The molecule has 2 aromatic heterocycles. The molecule has 0 spiro atoms. The third-order valence-corrected chi connectivity index (χ3v) is 9.12. The first-order valence-corrected chi connectivity index (χ1v) is 15.0. The van der Waals surface area contributed by atoms with Gasteiger partial charge in [0.05, 0.1) is 28.4 Å². The summed E-state index contributed by atoms with van der Waals surface area (Å²) in [6.45, 7) is 3.28. The standard InChI is InChI=1S/C22H15ClF6N4O2S.C7H11NO2/c1-10-32-16-7-13(17-8-31-19(36-17)20(35,21(24,25)26)22(27,28)29)15(30)6-14(16)18(34)33(10)9-11-2-4-12(23)5-3-11;9-7-8-4-2-1-3-6(8)5-10-7/h2-8,35H,9,30H2,1H3;6H,1-5H2. The van der Waals surface area contributed by atoms with Crippen LogP contribution in [0.15, 0.2) is 47.4 Å². The summed E-state index contributed by atoms with van der Waals surface area (Å²) in [5.74, 6) is 0.312. The number of cyclic esters (lactones) is 1. The number of hydrogen-bond acceptors (Lipinski definition) is 8. The zero-order valence-electron chi connectivity index (χ0n) is 24.0. The van der Waals surface area contributed by atoms with Crippen molar-refractivity contribution in [1.29, 1.82) is 0 Å². The maximum Gasteiger partial charge on any atom is 0.433 e. The van der Waals surface area contributed by atoms with Crippen LogP contribution in [0.1, 0.15) is 35.7 Å². The van der Waals surface area contributed by atoms with Crippen LogP contribution < -0.4 is 11.3 Å². The fourth-order valence-corrected chi connectivity index (χ4v) is 6.41. The minimum Gasteiger partial charge on any atom is -0.447 e. The normalized spacial score (nSPS) is 17.0. The quantitative estimate of drug-likeness (QED) is 0.187. The van der Waals surface area contributed by atoms with Gasteiger partial charge >= 0.3 is 24.0 Å². The molecule has 1 unspecified atom stereocenters. The van der Waals surface area contributed by atoms with Crippen LogP contribution in [0, 0.1) is 6.92 Å². The SMILES string of the molecule is Cc1nc2cc(-c3cnc(C(O)(C(F)(F)F)C(F)(F)F)s3)c(N)cc2c(=O)n1Cc1ccc(Cl)cc1.O=C1OCC2CCCCN12. The predicted octanol–water partition coefficient (Wildman–Crippen LogP) is 6.42. The van der Waals surface area contributed by atoms with Crippen molar-refractivity contribution in [2.24, 2.45) is 0 Å². The number of thiazole rings is 1. The first kappa shape index (κ1) is 33.5. The van der Waals surface area contributed by atoms with E-state index in [0.29, 0.717) is 23.5 Å². The largest absolute Gasteiger partial charge is 0.447 e. The molecule has 2 saturated heterocycles. The molecule has 4 heterocycles. The highest BCUT2D eigenvalue weighted by Crippen LogP contribution is 2.52. The lowest BCUT2D eigenvalue weighted by molar-refractivity contribution is -0.376. The summed E-state index contributed by atoms with van der Waals surface area (Å²) < 4.78 is 85.5. The maximum absolute atomic E-state index is 13.2. The number of alkyl halides is 6. The smallest absolute Gasteiger partial charge is 0.433 e. The number of fused-ring (bicyclic) bond motifs is 2. The molecule has 2 aromatic carbocycles. The van der Waals surface area contributed by atoms with Crippen LogP contribution in [0.3, 0.4) is 0 Å². The lowest BCUT2D eigenvalue weighted by atomic mass is 10.0. The van der Waals surface area contributed by atoms with E-state index in [-0.39, 0.29) is 51.0 Å². The van der Waals surface area contributed by atoms with Crippen LogP contribution in [0.2, 0.25) is 5.02 Å². The van der Waals surface area contributed by atoms with Gasteiger partial charge in [-0.15, -0.1) is 11.3 Å². The minimum absolute atomic E-state index is 0.0136. The van der Waals surface area contributed by atoms with Crippen molar-refractivity contribution in [3.8, 4) is 10.4 Å². The van der Waals surface area contributed by atoms with Gasteiger partial charge in [-0.2, -0.15) is 26.3 Å². The number of hydrogen-bond donors (Lipinski definition) is 2. The third kappa shape index (κ3) is 6.25. The molecule has 246 valence electrons. The molecular formula is C29H26ClF6N5O4S. The lowest BCUT2D eigenvalue weighted by Gasteiger charge is -2.30. The Hall–Kier alpha value is -3.89.